The Kier molecular flexibility index (Phi) is 5.10. The zero-order chi connectivity index (χ0) is 14.0. The van der Waals surface area contributed by atoms with E-state index < -0.39 is 0 Å². The summed E-state index contributed by atoms with van der Waals surface area (Å²) in [6.07, 6.45) is 6.27. The van der Waals surface area contributed by atoms with Crippen LogP contribution >= 0.6 is 15.9 Å². The average Bonchev–Trinajstić information content (AvgIpc) is 2.72. The van der Waals surface area contributed by atoms with E-state index in [9.17, 15) is 0 Å². The van der Waals surface area contributed by atoms with Crippen LogP contribution in [0.15, 0.2) is 6.07 Å². The first-order valence-corrected chi connectivity index (χ1v) is 8.58. The van der Waals surface area contributed by atoms with Gasteiger partial charge in [0.25, 0.3) is 0 Å². The minimum Gasteiger partial charge on any atom is -0.272 e. The van der Waals surface area contributed by atoms with E-state index in [0.717, 1.165) is 24.2 Å². The molecule has 0 aliphatic heterocycles. The van der Waals surface area contributed by atoms with Gasteiger partial charge in [0.1, 0.15) is 0 Å². The van der Waals surface area contributed by atoms with E-state index in [4.69, 9.17) is 0 Å². The summed E-state index contributed by atoms with van der Waals surface area (Å²) in [5.41, 5.74) is 2.62. The molecule has 0 N–H and O–H groups in total. The molecule has 1 aromatic heterocycles. The lowest BCUT2D eigenvalue weighted by molar-refractivity contribution is 0.221. The van der Waals surface area contributed by atoms with Crippen molar-refractivity contribution in [2.24, 2.45) is 24.8 Å². The minimum atomic E-state index is 0.683. The van der Waals surface area contributed by atoms with Gasteiger partial charge in [0.05, 0.1) is 5.69 Å². The normalized spacial score (nSPS) is 28.0. The number of rotatable bonds is 4. The van der Waals surface area contributed by atoms with Gasteiger partial charge in [-0.2, -0.15) is 5.10 Å². The lowest BCUT2D eigenvalue weighted by atomic mass is 9.74. The lowest BCUT2D eigenvalue weighted by Gasteiger charge is -2.35. The molecule has 1 heterocycles. The molecule has 0 radical (unpaired) electrons. The molecule has 2 rings (SSSR count). The van der Waals surface area contributed by atoms with Gasteiger partial charge in [0, 0.05) is 17.6 Å². The first kappa shape index (κ1) is 15.1. The van der Waals surface area contributed by atoms with Crippen molar-refractivity contribution in [2.75, 3.05) is 0 Å². The number of nitrogens with zero attached hydrogens (tertiary/aromatic N) is 2. The Bertz CT molecular complexity index is 411. The third-order valence-electron chi connectivity index (χ3n) is 4.73. The van der Waals surface area contributed by atoms with Crippen LogP contribution in [0.1, 0.15) is 51.4 Å². The second kappa shape index (κ2) is 6.43. The average molecular weight is 327 g/mol. The Morgan fingerprint density at radius 1 is 1.42 bits per heavy atom. The molecule has 0 amide bonds. The van der Waals surface area contributed by atoms with Gasteiger partial charge in [-0.15, -0.1) is 0 Å². The highest BCUT2D eigenvalue weighted by Gasteiger charge is 2.30. The quantitative estimate of drug-likeness (QED) is 0.751. The highest BCUT2D eigenvalue weighted by molar-refractivity contribution is 9.09. The summed E-state index contributed by atoms with van der Waals surface area (Å²) >= 11 is 3.91. The molecule has 3 unspecified atom stereocenters. The second-order valence-electron chi connectivity index (χ2n) is 6.40. The fraction of sp³-hybridized carbons (Fsp3) is 0.812. The van der Waals surface area contributed by atoms with Crippen LogP contribution in [0.25, 0.3) is 0 Å². The van der Waals surface area contributed by atoms with Crippen molar-refractivity contribution in [3.05, 3.63) is 17.5 Å². The van der Waals surface area contributed by atoms with Crippen LogP contribution in [0.2, 0.25) is 0 Å². The fourth-order valence-electron chi connectivity index (χ4n) is 3.28. The number of aryl methyl sites for hydroxylation is 2. The van der Waals surface area contributed by atoms with Crippen molar-refractivity contribution in [2.45, 2.75) is 57.7 Å². The summed E-state index contributed by atoms with van der Waals surface area (Å²) in [5, 5.41) is 4.58. The van der Waals surface area contributed by atoms with Gasteiger partial charge < -0.3 is 0 Å². The first-order chi connectivity index (χ1) is 9.01. The van der Waals surface area contributed by atoms with Gasteiger partial charge in [-0.1, -0.05) is 36.7 Å². The van der Waals surface area contributed by atoms with Crippen molar-refractivity contribution in [1.29, 1.82) is 0 Å². The van der Waals surface area contributed by atoms with E-state index in [1.807, 2.05) is 0 Å². The molecule has 1 aliphatic rings. The molecule has 1 aromatic rings. The van der Waals surface area contributed by atoms with Gasteiger partial charge in [0.2, 0.25) is 0 Å². The molecule has 19 heavy (non-hydrogen) atoms. The van der Waals surface area contributed by atoms with Crippen molar-refractivity contribution >= 4 is 15.9 Å². The monoisotopic (exact) mass is 326 g/mol. The number of hydrogen-bond acceptors (Lipinski definition) is 1. The van der Waals surface area contributed by atoms with Crippen molar-refractivity contribution in [1.82, 2.24) is 9.78 Å². The summed E-state index contributed by atoms with van der Waals surface area (Å²) in [6, 6.07) is 2.29. The van der Waals surface area contributed by atoms with Crippen molar-refractivity contribution < 1.29 is 0 Å². The number of aromatic nitrogens is 2. The molecule has 0 aromatic carbocycles. The Labute approximate surface area is 126 Å². The molecule has 1 aliphatic carbocycles. The van der Waals surface area contributed by atoms with Gasteiger partial charge in [-0.05, 0) is 55.9 Å². The Hall–Kier alpha value is -0.310. The predicted octanol–water partition coefficient (Wildman–Crippen LogP) is 4.36. The highest BCUT2D eigenvalue weighted by Crippen LogP contribution is 2.38. The standard InChI is InChI=1S/C16H27BrN2/c1-5-14-10-15(19(4)18-14)9-13-8-12(11(2)3)6-7-16(13)17/h10-13,16H,5-9H2,1-4H3. The maximum Gasteiger partial charge on any atom is 0.0624 e. The molecular weight excluding hydrogens is 300 g/mol. The largest absolute Gasteiger partial charge is 0.272 e. The summed E-state index contributed by atoms with van der Waals surface area (Å²) in [6.45, 7) is 6.92. The molecule has 1 saturated carbocycles. The van der Waals surface area contributed by atoms with Crippen LogP contribution in [0.4, 0.5) is 0 Å². The molecule has 3 heteroatoms. The van der Waals surface area contributed by atoms with E-state index in [1.165, 1.54) is 37.1 Å². The zero-order valence-corrected chi connectivity index (χ0v) is 14.3. The molecule has 108 valence electrons. The maximum absolute atomic E-state index is 4.58. The maximum atomic E-state index is 4.58. The van der Waals surface area contributed by atoms with Crippen molar-refractivity contribution in [3.8, 4) is 0 Å². The second-order valence-corrected chi connectivity index (χ2v) is 7.58. The topological polar surface area (TPSA) is 17.8 Å². The molecule has 0 saturated heterocycles. The highest BCUT2D eigenvalue weighted by atomic mass is 79.9. The first-order valence-electron chi connectivity index (χ1n) is 7.67. The van der Waals surface area contributed by atoms with E-state index >= 15 is 0 Å². The Morgan fingerprint density at radius 3 is 2.74 bits per heavy atom. The fourth-order valence-corrected chi connectivity index (χ4v) is 3.95. The summed E-state index contributed by atoms with van der Waals surface area (Å²) in [5.74, 6) is 2.49. The SMILES string of the molecule is CCc1cc(CC2CC(C(C)C)CCC2Br)n(C)n1. The number of alkyl halides is 1. The van der Waals surface area contributed by atoms with Crippen LogP contribution in [0, 0.1) is 17.8 Å². The van der Waals surface area contributed by atoms with E-state index in [1.54, 1.807) is 0 Å². The molecule has 1 fully saturated rings. The summed E-state index contributed by atoms with van der Waals surface area (Å²) in [7, 11) is 2.08. The smallest absolute Gasteiger partial charge is 0.0624 e. The van der Waals surface area contributed by atoms with Crippen molar-refractivity contribution in [3.63, 3.8) is 0 Å². The number of hydrogen-bond donors (Lipinski definition) is 0. The van der Waals surface area contributed by atoms with Crippen LogP contribution < -0.4 is 0 Å². The van der Waals surface area contributed by atoms with E-state index in [2.05, 4.69) is 59.6 Å². The third-order valence-corrected chi connectivity index (χ3v) is 5.94. The predicted molar refractivity (Wildman–Crippen MR) is 84.7 cm³/mol. The Morgan fingerprint density at radius 2 is 2.16 bits per heavy atom. The number of halogens is 1. The molecule has 2 nitrogen and oxygen atoms in total. The van der Waals surface area contributed by atoms with E-state index in [0.29, 0.717) is 4.83 Å². The summed E-state index contributed by atoms with van der Waals surface area (Å²) < 4.78 is 2.08. The van der Waals surface area contributed by atoms with Gasteiger partial charge >= 0.3 is 0 Å². The van der Waals surface area contributed by atoms with E-state index in [-0.39, 0.29) is 0 Å². The van der Waals surface area contributed by atoms with Crippen LogP contribution in [-0.2, 0) is 19.9 Å². The minimum absolute atomic E-state index is 0.683. The van der Waals surface area contributed by atoms with Gasteiger partial charge in [-0.3, -0.25) is 4.68 Å². The molecular formula is C16H27BrN2. The third kappa shape index (κ3) is 3.62. The Balaban J connectivity index is 2.05. The molecule has 3 atom stereocenters. The van der Waals surface area contributed by atoms with Gasteiger partial charge in [0.15, 0.2) is 0 Å². The molecule has 0 spiro atoms. The van der Waals surface area contributed by atoms with Crippen LogP contribution in [0.3, 0.4) is 0 Å². The zero-order valence-electron chi connectivity index (χ0n) is 12.7. The lowest BCUT2D eigenvalue weighted by Crippen LogP contribution is -2.29. The van der Waals surface area contributed by atoms with Crippen LogP contribution in [-0.4, -0.2) is 14.6 Å². The van der Waals surface area contributed by atoms with Gasteiger partial charge in [-0.25, -0.2) is 0 Å². The van der Waals surface area contributed by atoms with Crippen LogP contribution in [0.5, 0.6) is 0 Å². The molecule has 0 bridgehead atoms. The summed E-state index contributed by atoms with van der Waals surface area (Å²) in [4.78, 5) is 0.683.